The fourth-order valence-electron chi connectivity index (χ4n) is 3.96. The summed E-state index contributed by atoms with van der Waals surface area (Å²) in [6, 6.07) is 7.06. The fraction of sp³-hybridized carbons (Fsp3) is 0.318. The van der Waals surface area contributed by atoms with Crippen molar-refractivity contribution in [3.63, 3.8) is 0 Å². The lowest BCUT2D eigenvalue weighted by Gasteiger charge is -2.22. The van der Waals surface area contributed by atoms with E-state index in [9.17, 15) is 14.7 Å². The minimum absolute atomic E-state index is 0.0140. The summed E-state index contributed by atoms with van der Waals surface area (Å²) in [5.41, 5.74) is 2.22. The minimum Gasteiger partial charge on any atom is -0.465 e. The Morgan fingerprint density at radius 3 is 2.76 bits per heavy atom. The molecule has 0 bridgehead atoms. The number of thiazole rings is 1. The summed E-state index contributed by atoms with van der Waals surface area (Å²) in [4.78, 5) is 39.2. The molecule has 2 unspecified atom stereocenters. The van der Waals surface area contributed by atoms with Crippen molar-refractivity contribution in [2.75, 3.05) is 17.2 Å². The number of aryl methyl sites for hydroxylation is 2. The molecule has 33 heavy (non-hydrogen) atoms. The Bertz CT molecular complexity index is 1200. The lowest BCUT2D eigenvalue weighted by atomic mass is 9.97. The van der Waals surface area contributed by atoms with E-state index < -0.39 is 6.09 Å². The van der Waals surface area contributed by atoms with Gasteiger partial charge in [0.25, 0.3) is 5.91 Å². The van der Waals surface area contributed by atoms with Crippen molar-refractivity contribution in [3.05, 3.63) is 57.4 Å². The molecule has 3 heterocycles. The molecule has 0 radical (unpaired) electrons. The van der Waals surface area contributed by atoms with Crippen molar-refractivity contribution in [3.8, 4) is 0 Å². The molecule has 1 saturated heterocycles. The van der Waals surface area contributed by atoms with Crippen LogP contribution in [0.3, 0.4) is 0 Å². The second kappa shape index (κ2) is 9.32. The number of hydrogen-bond donors (Lipinski definition) is 3. The van der Waals surface area contributed by atoms with Crippen molar-refractivity contribution in [2.24, 2.45) is 0 Å². The summed E-state index contributed by atoms with van der Waals surface area (Å²) in [7, 11) is 0. The Hall–Kier alpha value is -3.24. The van der Waals surface area contributed by atoms with Crippen LogP contribution in [0.4, 0.5) is 21.4 Å². The number of nitrogens with one attached hydrogen (secondary N) is 2. The minimum atomic E-state index is -0.922. The zero-order valence-corrected chi connectivity index (χ0v) is 19.9. The average molecular weight is 487 g/mol. The van der Waals surface area contributed by atoms with Crippen LogP contribution in [0.15, 0.2) is 30.5 Å². The predicted octanol–water partition coefficient (Wildman–Crippen LogP) is 5.06. The number of aromatic nitrogens is 3. The van der Waals surface area contributed by atoms with Crippen LogP contribution in [0.1, 0.15) is 46.0 Å². The molecule has 0 saturated carbocycles. The molecule has 11 heteroatoms. The van der Waals surface area contributed by atoms with E-state index in [1.54, 1.807) is 13.0 Å². The SMILES string of the molecule is Cc1nc(Nc2ncc(C(=O)Nc3c(C)cccc3Cl)s2)cc(C2CCN(C(=O)O)C2C)n1. The first-order valence-electron chi connectivity index (χ1n) is 10.4. The number of halogens is 1. The Labute approximate surface area is 199 Å². The molecular weight excluding hydrogens is 464 g/mol. The van der Waals surface area contributed by atoms with E-state index in [0.29, 0.717) is 45.3 Å². The molecule has 1 aliphatic heterocycles. The predicted molar refractivity (Wildman–Crippen MR) is 128 cm³/mol. The summed E-state index contributed by atoms with van der Waals surface area (Å²) in [6.45, 7) is 6.03. The number of carbonyl (C=O) groups is 2. The molecule has 0 aliphatic carbocycles. The zero-order chi connectivity index (χ0) is 23.7. The molecule has 172 valence electrons. The fourth-order valence-corrected chi connectivity index (χ4v) is 4.95. The highest BCUT2D eigenvalue weighted by Crippen LogP contribution is 2.34. The largest absolute Gasteiger partial charge is 0.465 e. The first kappa shape index (κ1) is 22.9. The Morgan fingerprint density at radius 1 is 1.27 bits per heavy atom. The maximum atomic E-state index is 12.7. The third-order valence-electron chi connectivity index (χ3n) is 5.66. The second-order valence-electron chi connectivity index (χ2n) is 7.88. The second-order valence-corrected chi connectivity index (χ2v) is 9.32. The van der Waals surface area contributed by atoms with Gasteiger partial charge in [-0.15, -0.1) is 0 Å². The quantitative estimate of drug-likeness (QED) is 0.461. The summed E-state index contributed by atoms with van der Waals surface area (Å²) in [5, 5.41) is 16.3. The first-order chi connectivity index (χ1) is 15.7. The van der Waals surface area contributed by atoms with Gasteiger partial charge in [0.15, 0.2) is 5.13 Å². The van der Waals surface area contributed by atoms with Gasteiger partial charge in [-0.2, -0.15) is 0 Å². The summed E-state index contributed by atoms with van der Waals surface area (Å²) < 4.78 is 0. The van der Waals surface area contributed by atoms with Crippen molar-refractivity contribution in [1.29, 1.82) is 0 Å². The molecule has 4 rings (SSSR count). The number of likely N-dealkylation sites (tertiary alicyclic amines) is 1. The van der Waals surface area contributed by atoms with Gasteiger partial charge in [0.2, 0.25) is 0 Å². The number of benzene rings is 1. The van der Waals surface area contributed by atoms with Gasteiger partial charge in [0.1, 0.15) is 16.5 Å². The Morgan fingerprint density at radius 2 is 2.06 bits per heavy atom. The number of para-hydroxylation sites is 1. The van der Waals surface area contributed by atoms with Crippen molar-refractivity contribution >= 4 is 51.6 Å². The standard InChI is InChI=1S/C22H23ClN6O3S/c1-11-5-4-6-15(23)19(11)28-20(30)17-10-24-21(33-17)27-18-9-16(25-13(3)26-18)14-7-8-29(12(14)2)22(31)32/h4-6,9-10,12,14H,7-8H2,1-3H3,(H,28,30)(H,31,32)(H,24,25,26,27). The van der Waals surface area contributed by atoms with Crippen LogP contribution in [0.2, 0.25) is 5.02 Å². The highest BCUT2D eigenvalue weighted by molar-refractivity contribution is 7.17. The zero-order valence-electron chi connectivity index (χ0n) is 18.3. The maximum absolute atomic E-state index is 12.7. The number of carbonyl (C=O) groups excluding carboxylic acids is 1. The van der Waals surface area contributed by atoms with Gasteiger partial charge in [-0.1, -0.05) is 35.1 Å². The van der Waals surface area contributed by atoms with Crippen LogP contribution in [0, 0.1) is 13.8 Å². The van der Waals surface area contributed by atoms with Gasteiger partial charge in [0.05, 0.1) is 22.6 Å². The lowest BCUT2D eigenvalue weighted by molar-refractivity contribution is 0.103. The third kappa shape index (κ3) is 4.91. The molecule has 1 aliphatic rings. The van der Waals surface area contributed by atoms with E-state index >= 15 is 0 Å². The van der Waals surface area contributed by atoms with Gasteiger partial charge in [-0.3, -0.25) is 4.79 Å². The lowest BCUT2D eigenvalue weighted by Crippen LogP contribution is -2.34. The molecule has 3 N–H and O–H groups in total. The van der Waals surface area contributed by atoms with Gasteiger partial charge in [0, 0.05) is 24.6 Å². The number of carboxylic acid groups (broad SMARTS) is 1. The van der Waals surface area contributed by atoms with Crippen molar-refractivity contribution in [1.82, 2.24) is 19.9 Å². The molecule has 2 aromatic heterocycles. The average Bonchev–Trinajstić information content (AvgIpc) is 3.37. The number of nitrogens with zero attached hydrogens (tertiary/aromatic N) is 4. The molecule has 1 fully saturated rings. The van der Waals surface area contributed by atoms with Crippen LogP contribution in [-0.4, -0.2) is 49.5 Å². The number of rotatable bonds is 5. The number of anilines is 3. The van der Waals surface area contributed by atoms with Gasteiger partial charge >= 0.3 is 6.09 Å². The molecule has 2 atom stereocenters. The van der Waals surface area contributed by atoms with E-state index in [-0.39, 0.29) is 17.9 Å². The van der Waals surface area contributed by atoms with E-state index in [0.717, 1.165) is 11.3 Å². The van der Waals surface area contributed by atoms with E-state index in [1.807, 2.05) is 32.0 Å². The first-order valence-corrected chi connectivity index (χ1v) is 11.6. The van der Waals surface area contributed by atoms with E-state index in [2.05, 4.69) is 25.6 Å². The molecule has 3 aromatic rings. The summed E-state index contributed by atoms with van der Waals surface area (Å²) in [6.07, 6.45) is 1.27. The smallest absolute Gasteiger partial charge is 0.407 e. The molecule has 1 aromatic carbocycles. The highest BCUT2D eigenvalue weighted by Gasteiger charge is 2.35. The van der Waals surface area contributed by atoms with Crippen molar-refractivity contribution < 1.29 is 14.7 Å². The third-order valence-corrected chi connectivity index (χ3v) is 6.89. The topological polar surface area (TPSA) is 120 Å². The van der Waals surface area contributed by atoms with Crippen LogP contribution in [0.5, 0.6) is 0 Å². The van der Waals surface area contributed by atoms with E-state index in [4.69, 9.17) is 11.6 Å². The molecule has 0 spiro atoms. The van der Waals surface area contributed by atoms with Crippen molar-refractivity contribution in [2.45, 2.75) is 39.2 Å². The van der Waals surface area contributed by atoms with Gasteiger partial charge in [-0.05, 0) is 38.8 Å². The number of amides is 2. The maximum Gasteiger partial charge on any atom is 0.407 e. The van der Waals surface area contributed by atoms with E-state index in [1.165, 1.54) is 22.4 Å². The van der Waals surface area contributed by atoms with Crippen LogP contribution in [0.25, 0.3) is 0 Å². The monoisotopic (exact) mass is 486 g/mol. The van der Waals surface area contributed by atoms with Crippen LogP contribution < -0.4 is 10.6 Å². The van der Waals surface area contributed by atoms with Gasteiger partial charge in [-0.25, -0.2) is 19.7 Å². The van der Waals surface area contributed by atoms with Crippen LogP contribution >= 0.6 is 22.9 Å². The molecule has 9 nitrogen and oxygen atoms in total. The Balaban J connectivity index is 1.49. The normalized spacial score (nSPS) is 17.8. The summed E-state index contributed by atoms with van der Waals surface area (Å²) in [5.74, 6) is 0.797. The van der Waals surface area contributed by atoms with Gasteiger partial charge < -0.3 is 20.6 Å². The van der Waals surface area contributed by atoms with Crippen LogP contribution in [-0.2, 0) is 0 Å². The molecular formula is C22H23ClN6O3S. The highest BCUT2D eigenvalue weighted by atomic mass is 35.5. The number of hydrogen-bond acceptors (Lipinski definition) is 7. The molecule has 2 amide bonds. The Kier molecular flexibility index (Phi) is 6.48. The summed E-state index contributed by atoms with van der Waals surface area (Å²) >= 11 is 7.40.